The summed E-state index contributed by atoms with van der Waals surface area (Å²) in [4.78, 5) is 7.16. The molecule has 0 amide bonds. The molecule has 0 aromatic heterocycles. The molecule has 1 N–H and O–H groups in total. The van der Waals surface area contributed by atoms with Crippen molar-refractivity contribution in [2.45, 2.75) is 26.7 Å². The van der Waals surface area contributed by atoms with Crippen LogP contribution in [0.2, 0.25) is 0 Å². The van der Waals surface area contributed by atoms with Crippen molar-refractivity contribution in [2.24, 2.45) is 10.9 Å². The maximum absolute atomic E-state index is 5.28. The van der Waals surface area contributed by atoms with E-state index in [1.807, 2.05) is 0 Å². The zero-order chi connectivity index (χ0) is 15.8. The Morgan fingerprint density at radius 3 is 2.74 bits per heavy atom. The number of guanidine groups is 1. The molecule has 1 fully saturated rings. The number of ether oxygens (including phenoxy) is 1. The third-order valence-corrected chi connectivity index (χ3v) is 4.11. The van der Waals surface area contributed by atoms with E-state index in [9.17, 15) is 0 Å². The van der Waals surface area contributed by atoms with Gasteiger partial charge in [0.2, 0.25) is 0 Å². The summed E-state index contributed by atoms with van der Waals surface area (Å²) in [5, 5.41) is 3.42. The highest BCUT2D eigenvalue weighted by atomic mass is 127. The van der Waals surface area contributed by atoms with Crippen molar-refractivity contribution in [1.29, 1.82) is 0 Å². The van der Waals surface area contributed by atoms with Crippen LogP contribution in [0.4, 0.5) is 0 Å². The van der Waals surface area contributed by atoms with Crippen molar-refractivity contribution in [3.05, 3.63) is 35.4 Å². The largest absolute Gasteiger partial charge is 0.384 e. The Morgan fingerprint density at radius 1 is 1.35 bits per heavy atom. The Labute approximate surface area is 157 Å². The lowest BCUT2D eigenvalue weighted by atomic mass is 10.1. The molecular weight excluding hydrogens is 401 g/mol. The van der Waals surface area contributed by atoms with Crippen molar-refractivity contribution < 1.29 is 4.74 Å². The average Bonchev–Trinajstić information content (AvgIpc) is 2.97. The number of hydrogen-bond acceptors (Lipinski definition) is 2. The van der Waals surface area contributed by atoms with Crippen LogP contribution < -0.4 is 5.32 Å². The smallest absolute Gasteiger partial charge is 0.193 e. The average molecular weight is 431 g/mol. The lowest BCUT2D eigenvalue weighted by Crippen LogP contribution is -2.40. The van der Waals surface area contributed by atoms with Crippen LogP contribution in [-0.4, -0.2) is 50.8 Å². The number of hydrogen-bond donors (Lipinski definition) is 1. The minimum Gasteiger partial charge on any atom is -0.384 e. The summed E-state index contributed by atoms with van der Waals surface area (Å²) in [5.74, 6) is 1.68. The molecule has 1 saturated heterocycles. The van der Waals surface area contributed by atoms with Gasteiger partial charge in [0.15, 0.2) is 5.96 Å². The van der Waals surface area contributed by atoms with E-state index < -0.39 is 0 Å². The molecule has 2 rings (SSSR count). The highest BCUT2D eigenvalue weighted by Crippen LogP contribution is 2.16. The molecule has 1 aromatic rings. The van der Waals surface area contributed by atoms with E-state index in [2.05, 4.69) is 48.3 Å². The van der Waals surface area contributed by atoms with Crippen LogP contribution in [0, 0.1) is 12.8 Å². The standard InChI is InChI=1S/C18H29N3O.HI/c1-4-19-18(21-12-10-17(13-21)14-22-3)20-11-9-16-7-5-15(2)6-8-16;/h5-8,17H,4,9-14H2,1-3H3,(H,19,20);1H. The predicted octanol–water partition coefficient (Wildman–Crippen LogP) is 3.09. The van der Waals surface area contributed by atoms with Gasteiger partial charge in [-0.2, -0.15) is 0 Å². The van der Waals surface area contributed by atoms with Gasteiger partial charge in [-0.05, 0) is 32.3 Å². The van der Waals surface area contributed by atoms with Gasteiger partial charge in [-0.3, -0.25) is 4.99 Å². The van der Waals surface area contributed by atoms with Crippen molar-refractivity contribution in [3.63, 3.8) is 0 Å². The molecule has 1 aliphatic rings. The molecular formula is C18H30IN3O. The Kier molecular flexibility index (Phi) is 9.55. The van der Waals surface area contributed by atoms with E-state index in [0.717, 1.165) is 45.2 Å². The highest BCUT2D eigenvalue weighted by Gasteiger charge is 2.24. The van der Waals surface area contributed by atoms with Gasteiger partial charge in [0.25, 0.3) is 0 Å². The van der Waals surface area contributed by atoms with Gasteiger partial charge in [-0.25, -0.2) is 0 Å². The van der Waals surface area contributed by atoms with Crippen LogP contribution in [0.1, 0.15) is 24.5 Å². The summed E-state index contributed by atoms with van der Waals surface area (Å²) in [7, 11) is 1.78. The molecule has 1 heterocycles. The lowest BCUT2D eigenvalue weighted by molar-refractivity contribution is 0.157. The molecule has 0 bridgehead atoms. The number of likely N-dealkylation sites (tertiary alicyclic amines) is 1. The maximum atomic E-state index is 5.28. The van der Waals surface area contributed by atoms with Crippen LogP contribution in [0.5, 0.6) is 0 Å². The molecule has 0 spiro atoms. The number of methoxy groups -OCH3 is 1. The zero-order valence-electron chi connectivity index (χ0n) is 14.5. The molecule has 23 heavy (non-hydrogen) atoms. The second-order valence-corrected chi connectivity index (χ2v) is 6.03. The van der Waals surface area contributed by atoms with E-state index >= 15 is 0 Å². The van der Waals surface area contributed by atoms with Crippen LogP contribution in [0.3, 0.4) is 0 Å². The minimum absolute atomic E-state index is 0. The minimum atomic E-state index is 0. The van der Waals surface area contributed by atoms with Crippen molar-refractivity contribution >= 4 is 29.9 Å². The van der Waals surface area contributed by atoms with E-state index in [1.165, 1.54) is 17.5 Å². The van der Waals surface area contributed by atoms with Gasteiger partial charge in [0.1, 0.15) is 0 Å². The summed E-state index contributed by atoms with van der Waals surface area (Å²) in [6, 6.07) is 8.73. The summed E-state index contributed by atoms with van der Waals surface area (Å²) in [5.41, 5.74) is 2.66. The third-order valence-electron chi connectivity index (χ3n) is 4.11. The first-order valence-corrected chi connectivity index (χ1v) is 8.30. The first kappa shape index (κ1) is 20.2. The first-order valence-electron chi connectivity index (χ1n) is 8.30. The Bertz CT molecular complexity index is 476. The topological polar surface area (TPSA) is 36.9 Å². The second kappa shape index (κ2) is 10.9. The molecule has 1 atom stereocenters. The Balaban J connectivity index is 0.00000264. The SMILES string of the molecule is CCNC(=NCCc1ccc(C)cc1)N1CCC(COC)C1.I. The fraction of sp³-hybridized carbons (Fsp3) is 0.611. The molecule has 130 valence electrons. The number of aryl methyl sites for hydroxylation is 1. The summed E-state index contributed by atoms with van der Waals surface area (Å²) in [6.07, 6.45) is 2.18. The van der Waals surface area contributed by atoms with Crippen molar-refractivity contribution in [1.82, 2.24) is 10.2 Å². The van der Waals surface area contributed by atoms with Gasteiger partial charge in [-0.1, -0.05) is 29.8 Å². The quantitative estimate of drug-likeness (QED) is 0.427. The zero-order valence-corrected chi connectivity index (χ0v) is 16.9. The fourth-order valence-electron chi connectivity index (χ4n) is 2.87. The van der Waals surface area contributed by atoms with Gasteiger partial charge in [0.05, 0.1) is 6.61 Å². The third kappa shape index (κ3) is 6.67. The van der Waals surface area contributed by atoms with E-state index in [-0.39, 0.29) is 24.0 Å². The van der Waals surface area contributed by atoms with Crippen LogP contribution in [0.15, 0.2) is 29.3 Å². The van der Waals surface area contributed by atoms with Gasteiger partial charge in [0, 0.05) is 39.2 Å². The first-order chi connectivity index (χ1) is 10.7. The number of aliphatic imine (C=N–C) groups is 1. The summed E-state index contributed by atoms with van der Waals surface area (Å²) in [6.45, 7) is 8.95. The number of benzene rings is 1. The van der Waals surface area contributed by atoms with E-state index in [0.29, 0.717) is 5.92 Å². The molecule has 1 aliphatic heterocycles. The number of halogens is 1. The highest BCUT2D eigenvalue weighted by molar-refractivity contribution is 14.0. The summed E-state index contributed by atoms with van der Waals surface area (Å²) < 4.78 is 5.28. The van der Waals surface area contributed by atoms with E-state index in [1.54, 1.807) is 7.11 Å². The van der Waals surface area contributed by atoms with Crippen LogP contribution in [0.25, 0.3) is 0 Å². The van der Waals surface area contributed by atoms with Crippen LogP contribution >= 0.6 is 24.0 Å². The van der Waals surface area contributed by atoms with E-state index in [4.69, 9.17) is 9.73 Å². The second-order valence-electron chi connectivity index (χ2n) is 6.03. The molecule has 0 radical (unpaired) electrons. The van der Waals surface area contributed by atoms with Gasteiger partial charge in [-0.15, -0.1) is 24.0 Å². The van der Waals surface area contributed by atoms with Crippen molar-refractivity contribution in [3.8, 4) is 0 Å². The number of nitrogens with zero attached hydrogens (tertiary/aromatic N) is 2. The molecule has 0 aliphatic carbocycles. The molecule has 1 unspecified atom stereocenters. The monoisotopic (exact) mass is 431 g/mol. The number of nitrogens with one attached hydrogen (secondary N) is 1. The summed E-state index contributed by atoms with van der Waals surface area (Å²) >= 11 is 0. The number of rotatable bonds is 6. The molecule has 1 aromatic carbocycles. The maximum Gasteiger partial charge on any atom is 0.193 e. The predicted molar refractivity (Wildman–Crippen MR) is 108 cm³/mol. The molecule has 5 heteroatoms. The Hall–Kier alpha value is -0.820. The normalized spacial score (nSPS) is 18.0. The molecule has 4 nitrogen and oxygen atoms in total. The van der Waals surface area contributed by atoms with Crippen LogP contribution in [-0.2, 0) is 11.2 Å². The lowest BCUT2D eigenvalue weighted by Gasteiger charge is -2.21. The van der Waals surface area contributed by atoms with Gasteiger partial charge >= 0.3 is 0 Å². The fourth-order valence-corrected chi connectivity index (χ4v) is 2.87. The Morgan fingerprint density at radius 2 is 2.09 bits per heavy atom. The van der Waals surface area contributed by atoms with Crippen molar-refractivity contribution in [2.75, 3.05) is 39.9 Å². The molecule has 0 saturated carbocycles. The van der Waals surface area contributed by atoms with Gasteiger partial charge < -0.3 is 15.0 Å².